The number of aromatic nitrogens is 1. The van der Waals surface area contributed by atoms with E-state index >= 15 is 0 Å². The molecule has 0 aliphatic carbocycles. The third-order valence-electron chi connectivity index (χ3n) is 5.06. The molecule has 1 aliphatic rings. The van der Waals surface area contributed by atoms with Crippen molar-refractivity contribution in [2.24, 2.45) is 0 Å². The van der Waals surface area contributed by atoms with Gasteiger partial charge in [-0.2, -0.15) is 0 Å². The Morgan fingerprint density at radius 2 is 1.75 bits per heavy atom. The zero-order valence-corrected chi connectivity index (χ0v) is 17.8. The Morgan fingerprint density at radius 3 is 2.39 bits per heavy atom. The van der Waals surface area contributed by atoms with Crippen LogP contribution in [-0.4, -0.2) is 43.8 Å². The van der Waals surface area contributed by atoms with E-state index in [9.17, 15) is 13.2 Å². The van der Waals surface area contributed by atoms with Crippen molar-refractivity contribution in [3.63, 3.8) is 0 Å². The first kappa shape index (κ1) is 20.9. The van der Waals surface area contributed by atoms with Crippen LogP contribution < -0.4 is 4.72 Å². The van der Waals surface area contributed by atoms with Crippen molar-refractivity contribution >= 4 is 27.5 Å². The molecule has 0 unspecified atom stereocenters. The predicted octanol–water partition coefficient (Wildman–Crippen LogP) is 3.43. The highest BCUT2D eigenvalue weighted by Gasteiger charge is 2.31. The maximum Gasteiger partial charge on any atom is 0.257 e. The number of nitrogens with one attached hydrogen (secondary N) is 2. The fraction of sp³-hybridized carbons (Fsp3) is 0.450. The molecule has 6 nitrogen and oxygen atoms in total. The van der Waals surface area contributed by atoms with Crippen LogP contribution >= 0.6 is 11.6 Å². The van der Waals surface area contributed by atoms with Crippen LogP contribution in [-0.2, 0) is 16.4 Å². The van der Waals surface area contributed by atoms with Gasteiger partial charge in [-0.05, 0) is 57.2 Å². The number of hydrogen-bond acceptors (Lipinski definition) is 3. The number of halogens is 1. The van der Waals surface area contributed by atoms with Gasteiger partial charge in [0, 0.05) is 36.0 Å². The Labute approximate surface area is 171 Å². The minimum absolute atomic E-state index is 0.0664. The number of benzene rings is 1. The Balaban J connectivity index is 1.79. The van der Waals surface area contributed by atoms with Crippen LogP contribution in [0.25, 0.3) is 0 Å². The summed E-state index contributed by atoms with van der Waals surface area (Å²) in [5.74, 6) is -0.209. The average molecular weight is 424 g/mol. The molecule has 0 spiro atoms. The first-order valence-electron chi connectivity index (χ1n) is 9.52. The van der Waals surface area contributed by atoms with E-state index in [0.717, 1.165) is 24.8 Å². The molecule has 28 heavy (non-hydrogen) atoms. The maximum atomic E-state index is 13.0. The Kier molecular flexibility index (Phi) is 6.47. The highest BCUT2D eigenvalue weighted by Crippen LogP contribution is 2.26. The second kappa shape index (κ2) is 8.68. The van der Waals surface area contributed by atoms with Gasteiger partial charge in [0.15, 0.2) is 0 Å². The monoisotopic (exact) mass is 423 g/mol. The van der Waals surface area contributed by atoms with E-state index in [1.54, 1.807) is 30.9 Å². The van der Waals surface area contributed by atoms with E-state index < -0.39 is 10.0 Å². The highest BCUT2D eigenvalue weighted by molar-refractivity contribution is 7.89. The highest BCUT2D eigenvalue weighted by atomic mass is 35.5. The molecule has 2 heterocycles. The van der Waals surface area contributed by atoms with E-state index in [0.29, 0.717) is 35.9 Å². The standard InChI is InChI=1S/C20H26ClN3O3S/c1-14-18(20(25)24-12-4-3-5-13-24)19(15(2)23-14)28(26,27)22-11-10-16-6-8-17(21)9-7-16/h6-9,22-23H,3-5,10-13H2,1-2H3. The minimum atomic E-state index is -3.82. The number of hydrogen-bond donors (Lipinski definition) is 2. The number of aromatic amines is 1. The second-order valence-corrected chi connectivity index (χ2v) is 9.35. The lowest BCUT2D eigenvalue weighted by Gasteiger charge is -2.27. The van der Waals surface area contributed by atoms with Crippen LogP contribution in [0.4, 0.5) is 0 Å². The molecule has 3 rings (SSSR count). The molecule has 0 atom stereocenters. The summed E-state index contributed by atoms with van der Waals surface area (Å²) >= 11 is 5.88. The largest absolute Gasteiger partial charge is 0.361 e. The normalized spacial score (nSPS) is 15.0. The lowest BCUT2D eigenvalue weighted by molar-refractivity contribution is 0.0720. The van der Waals surface area contributed by atoms with Gasteiger partial charge in [-0.15, -0.1) is 0 Å². The van der Waals surface area contributed by atoms with Gasteiger partial charge in [0.1, 0.15) is 4.90 Å². The van der Waals surface area contributed by atoms with Gasteiger partial charge < -0.3 is 9.88 Å². The molecule has 8 heteroatoms. The number of carbonyl (C=O) groups excluding carboxylic acids is 1. The summed E-state index contributed by atoms with van der Waals surface area (Å²) in [4.78, 5) is 17.9. The minimum Gasteiger partial charge on any atom is -0.361 e. The predicted molar refractivity (Wildman–Crippen MR) is 110 cm³/mol. The van der Waals surface area contributed by atoms with Crippen LogP contribution in [0.15, 0.2) is 29.2 Å². The Bertz CT molecular complexity index is 946. The van der Waals surface area contributed by atoms with Crippen LogP contribution in [0.3, 0.4) is 0 Å². The number of rotatable bonds is 6. The molecular weight excluding hydrogens is 398 g/mol. The molecule has 1 fully saturated rings. The number of amides is 1. The van der Waals surface area contributed by atoms with Crippen molar-refractivity contribution in [3.05, 3.63) is 51.8 Å². The summed E-state index contributed by atoms with van der Waals surface area (Å²) < 4.78 is 28.6. The van der Waals surface area contributed by atoms with Gasteiger partial charge in [0.05, 0.1) is 5.56 Å². The van der Waals surface area contributed by atoms with Crippen molar-refractivity contribution in [1.82, 2.24) is 14.6 Å². The molecule has 1 aromatic carbocycles. The molecular formula is C20H26ClN3O3S. The lowest BCUT2D eigenvalue weighted by Crippen LogP contribution is -2.37. The van der Waals surface area contributed by atoms with Crippen molar-refractivity contribution in [3.8, 4) is 0 Å². The zero-order valence-electron chi connectivity index (χ0n) is 16.2. The van der Waals surface area contributed by atoms with Gasteiger partial charge in [0.25, 0.3) is 5.91 Å². The fourth-order valence-electron chi connectivity index (χ4n) is 3.66. The zero-order chi connectivity index (χ0) is 20.3. The van der Waals surface area contributed by atoms with E-state index in [-0.39, 0.29) is 22.9 Å². The van der Waals surface area contributed by atoms with Crippen LogP contribution in [0, 0.1) is 13.8 Å². The number of carbonyl (C=O) groups is 1. The number of H-pyrrole nitrogens is 1. The van der Waals surface area contributed by atoms with E-state index in [1.165, 1.54) is 0 Å². The van der Waals surface area contributed by atoms with Gasteiger partial charge in [-0.3, -0.25) is 4.79 Å². The molecule has 152 valence electrons. The summed E-state index contributed by atoms with van der Waals surface area (Å²) in [5.41, 5.74) is 2.32. The van der Waals surface area contributed by atoms with E-state index in [1.807, 2.05) is 12.1 Å². The van der Waals surface area contributed by atoms with Crippen molar-refractivity contribution in [1.29, 1.82) is 0 Å². The molecule has 1 aromatic heterocycles. The van der Waals surface area contributed by atoms with Crippen LogP contribution in [0.1, 0.15) is 46.6 Å². The van der Waals surface area contributed by atoms with Crippen molar-refractivity contribution in [2.45, 2.75) is 44.4 Å². The number of nitrogens with zero attached hydrogens (tertiary/aromatic N) is 1. The summed E-state index contributed by atoms with van der Waals surface area (Å²) in [6.45, 7) is 5.02. The fourth-order valence-corrected chi connectivity index (χ4v) is 5.26. The smallest absolute Gasteiger partial charge is 0.257 e. The third-order valence-corrected chi connectivity index (χ3v) is 6.95. The molecule has 0 saturated carbocycles. The molecule has 1 amide bonds. The molecule has 0 radical (unpaired) electrons. The summed E-state index contributed by atoms with van der Waals surface area (Å²) in [5, 5.41) is 0.642. The van der Waals surface area contributed by atoms with Crippen molar-refractivity contribution < 1.29 is 13.2 Å². The van der Waals surface area contributed by atoms with Gasteiger partial charge in [-0.25, -0.2) is 13.1 Å². The molecule has 2 aromatic rings. The summed E-state index contributed by atoms with van der Waals surface area (Å²) in [6.07, 6.45) is 3.55. The van der Waals surface area contributed by atoms with Crippen LogP contribution in [0.5, 0.6) is 0 Å². The quantitative estimate of drug-likeness (QED) is 0.746. The first-order valence-corrected chi connectivity index (χ1v) is 11.4. The maximum absolute atomic E-state index is 13.0. The first-order chi connectivity index (χ1) is 13.3. The van der Waals surface area contributed by atoms with Gasteiger partial charge >= 0.3 is 0 Å². The second-order valence-electron chi connectivity index (χ2n) is 7.21. The molecule has 1 saturated heterocycles. The number of sulfonamides is 1. The molecule has 1 aliphatic heterocycles. The summed E-state index contributed by atoms with van der Waals surface area (Å²) in [6, 6.07) is 7.29. The molecule has 2 N–H and O–H groups in total. The average Bonchev–Trinajstić information content (AvgIpc) is 2.98. The summed E-state index contributed by atoms with van der Waals surface area (Å²) in [7, 11) is -3.82. The number of piperidine rings is 1. The number of likely N-dealkylation sites (tertiary alicyclic amines) is 1. The van der Waals surface area contributed by atoms with Crippen molar-refractivity contribution in [2.75, 3.05) is 19.6 Å². The van der Waals surface area contributed by atoms with E-state index in [4.69, 9.17) is 11.6 Å². The SMILES string of the molecule is Cc1[nH]c(C)c(S(=O)(=O)NCCc2ccc(Cl)cc2)c1C(=O)N1CCCCC1. The Morgan fingerprint density at radius 1 is 1.11 bits per heavy atom. The van der Waals surface area contributed by atoms with E-state index in [2.05, 4.69) is 9.71 Å². The van der Waals surface area contributed by atoms with Crippen LogP contribution in [0.2, 0.25) is 5.02 Å². The Hall–Kier alpha value is -1.83. The third kappa shape index (κ3) is 4.59. The van der Waals surface area contributed by atoms with Gasteiger partial charge in [-0.1, -0.05) is 23.7 Å². The molecule has 0 bridgehead atoms. The topological polar surface area (TPSA) is 82.3 Å². The lowest BCUT2D eigenvalue weighted by atomic mass is 10.1. The number of aryl methyl sites for hydroxylation is 2. The van der Waals surface area contributed by atoms with Gasteiger partial charge in [0.2, 0.25) is 10.0 Å².